The fourth-order valence-electron chi connectivity index (χ4n) is 4.88. The van der Waals surface area contributed by atoms with Crippen LogP contribution in [-0.2, 0) is 31.4 Å². The van der Waals surface area contributed by atoms with E-state index in [1.807, 2.05) is 0 Å². The third-order valence-electron chi connectivity index (χ3n) is 6.68. The Morgan fingerprint density at radius 3 is 1.82 bits per heavy atom. The van der Waals surface area contributed by atoms with E-state index in [1.54, 1.807) is 41.5 Å². The SMILES string of the molecule is C[C@@H](O[C@H]1CN(C(=O)OC(C)(C)C)[C@@H](C=CC(=O)OC(C)(C)C)[C@@H]1c1ccc(F)cc1)c1cc(C(F)(F)F)cc(C(F)(F)F)c1. The molecule has 0 bridgehead atoms. The second-order valence-corrected chi connectivity index (χ2v) is 12.7. The van der Waals surface area contributed by atoms with Crippen molar-refractivity contribution in [1.29, 1.82) is 0 Å². The minimum Gasteiger partial charge on any atom is -0.457 e. The number of benzene rings is 2. The predicted molar refractivity (Wildman–Crippen MR) is 151 cm³/mol. The summed E-state index contributed by atoms with van der Waals surface area (Å²) in [5, 5.41) is 0. The first-order valence-electron chi connectivity index (χ1n) is 14.1. The molecule has 13 heteroatoms. The van der Waals surface area contributed by atoms with E-state index in [1.165, 1.54) is 30.0 Å². The first kappa shape index (κ1) is 35.9. The lowest BCUT2D eigenvalue weighted by molar-refractivity contribution is -0.148. The Bertz CT molecular complexity index is 1360. The van der Waals surface area contributed by atoms with Crippen molar-refractivity contribution < 1.29 is 54.5 Å². The maximum absolute atomic E-state index is 13.9. The van der Waals surface area contributed by atoms with Crippen molar-refractivity contribution in [2.45, 2.75) is 96.2 Å². The van der Waals surface area contributed by atoms with E-state index in [4.69, 9.17) is 14.2 Å². The summed E-state index contributed by atoms with van der Waals surface area (Å²) < 4.78 is 112. The van der Waals surface area contributed by atoms with Crippen LogP contribution in [0.25, 0.3) is 0 Å². The molecular formula is C32H36F7NO5. The number of alkyl halides is 6. The number of amides is 1. The molecule has 0 saturated carbocycles. The number of esters is 1. The van der Waals surface area contributed by atoms with Gasteiger partial charge in [-0.15, -0.1) is 0 Å². The average molecular weight is 648 g/mol. The maximum Gasteiger partial charge on any atom is 0.416 e. The largest absolute Gasteiger partial charge is 0.457 e. The molecule has 1 heterocycles. The van der Waals surface area contributed by atoms with Crippen molar-refractivity contribution in [2.75, 3.05) is 6.54 Å². The van der Waals surface area contributed by atoms with Crippen molar-refractivity contribution >= 4 is 12.1 Å². The monoisotopic (exact) mass is 647 g/mol. The Labute approximate surface area is 257 Å². The number of rotatable bonds is 6. The highest BCUT2D eigenvalue weighted by molar-refractivity contribution is 5.82. The first-order valence-corrected chi connectivity index (χ1v) is 14.1. The smallest absolute Gasteiger partial charge is 0.416 e. The van der Waals surface area contributed by atoms with Crippen LogP contribution < -0.4 is 0 Å². The molecule has 1 saturated heterocycles. The predicted octanol–water partition coefficient (Wildman–Crippen LogP) is 8.61. The third kappa shape index (κ3) is 9.94. The topological polar surface area (TPSA) is 65.1 Å². The Hall–Kier alpha value is -3.61. The van der Waals surface area contributed by atoms with E-state index < -0.39 is 82.3 Å². The van der Waals surface area contributed by atoms with Gasteiger partial charge in [-0.25, -0.2) is 14.0 Å². The van der Waals surface area contributed by atoms with Gasteiger partial charge in [0.05, 0.1) is 35.9 Å². The van der Waals surface area contributed by atoms with E-state index in [-0.39, 0.29) is 12.6 Å². The zero-order chi connectivity index (χ0) is 34.1. The molecule has 0 spiro atoms. The summed E-state index contributed by atoms with van der Waals surface area (Å²) >= 11 is 0. The van der Waals surface area contributed by atoms with E-state index in [9.17, 15) is 40.3 Å². The van der Waals surface area contributed by atoms with Crippen LogP contribution >= 0.6 is 0 Å². The fraction of sp³-hybridized carbons (Fsp3) is 0.500. The summed E-state index contributed by atoms with van der Waals surface area (Å²) in [5.41, 5.74) is -4.75. The highest BCUT2D eigenvalue weighted by atomic mass is 19.4. The first-order chi connectivity index (χ1) is 20.4. The van der Waals surface area contributed by atoms with Gasteiger partial charge in [-0.1, -0.05) is 18.2 Å². The fourth-order valence-corrected chi connectivity index (χ4v) is 4.88. The molecule has 0 aromatic heterocycles. The number of likely N-dealkylation sites (tertiary alicyclic amines) is 1. The molecule has 1 aliphatic rings. The molecule has 0 unspecified atom stereocenters. The van der Waals surface area contributed by atoms with E-state index >= 15 is 0 Å². The van der Waals surface area contributed by atoms with Crippen molar-refractivity contribution in [3.05, 3.63) is 82.7 Å². The van der Waals surface area contributed by atoms with Crippen LogP contribution in [0.1, 0.15) is 82.7 Å². The lowest BCUT2D eigenvalue weighted by Crippen LogP contribution is -2.40. The van der Waals surface area contributed by atoms with Crippen LogP contribution in [0.3, 0.4) is 0 Å². The highest BCUT2D eigenvalue weighted by Crippen LogP contribution is 2.42. The molecule has 0 N–H and O–H groups in total. The molecule has 1 aliphatic heterocycles. The second-order valence-electron chi connectivity index (χ2n) is 12.7. The molecule has 2 aromatic carbocycles. The molecule has 0 radical (unpaired) electrons. The summed E-state index contributed by atoms with van der Waals surface area (Å²) in [7, 11) is 0. The Kier molecular flexibility index (Phi) is 10.4. The van der Waals surface area contributed by atoms with Crippen LogP contribution in [-0.4, -0.2) is 46.9 Å². The lowest BCUT2D eigenvalue weighted by Gasteiger charge is -2.29. The van der Waals surface area contributed by atoms with Crippen LogP contribution in [0.4, 0.5) is 35.5 Å². The molecule has 45 heavy (non-hydrogen) atoms. The van der Waals surface area contributed by atoms with E-state index in [0.29, 0.717) is 17.7 Å². The number of hydrogen-bond donors (Lipinski definition) is 0. The molecule has 0 aliphatic carbocycles. The Morgan fingerprint density at radius 2 is 1.36 bits per heavy atom. The minimum atomic E-state index is -5.06. The number of nitrogens with zero attached hydrogens (tertiary/aromatic N) is 1. The number of carbonyl (C=O) groups excluding carboxylic acids is 2. The normalized spacial score (nSPS) is 20.4. The molecule has 2 aromatic rings. The molecular weight excluding hydrogens is 611 g/mol. The quantitative estimate of drug-likeness (QED) is 0.179. The number of carbonyl (C=O) groups is 2. The van der Waals surface area contributed by atoms with Gasteiger partial charge in [0, 0.05) is 12.0 Å². The van der Waals surface area contributed by atoms with Gasteiger partial charge in [-0.05, 0) is 89.9 Å². The second kappa shape index (κ2) is 13.0. The maximum atomic E-state index is 13.9. The third-order valence-corrected chi connectivity index (χ3v) is 6.68. The van der Waals surface area contributed by atoms with Gasteiger partial charge in [-0.3, -0.25) is 4.90 Å². The van der Waals surface area contributed by atoms with Crippen molar-refractivity contribution in [3.8, 4) is 0 Å². The van der Waals surface area contributed by atoms with E-state index in [0.717, 1.165) is 18.2 Å². The molecule has 4 atom stereocenters. The standard InChI is InChI=1S/C32H36F7NO5/c1-18(20-14-21(31(34,35)36)16-22(15-20)32(37,38)39)43-25-17-40(28(42)45-30(5,6)7)24(12-13-26(41)44-29(2,3)4)27(25)19-8-10-23(33)11-9-19/h8-16,18,24-25,27H,17H2,1-7H3/t18-,24+,25+,27+/m1/s1. The van der Waals surface area contributed by atoms with Gasteiger partial charge in [-0.2, -0.15) is 26.3 Å². The van der Waals surface area contributed by atoms with Gasteiger partial charge >= 0.3 is 24.4 Å². The minimum absolute atomic E-state index is 0.0227. The van der Waals surface area contributed by atoms with Gasteiger partial charge in [0.1, 0.15) is 17.0 Å². The van der Waals surface area contributed by atoms with Crippen LogP contribution in [0.2, 0.25) is 0 Å². The van der Waals surface area contributed by atoms with Gasteiger partial charge in [0.15, 0.2) is 0 Å². The zero-order valence-electron chi connectivity index (χ0n) is 25.8. The van der Waals surface area contributed by atoms with Crippen molar-refractivity contribution in [1.82, 2.24) is 4.90 Å². The number of hydrogen-bond acceptors (Lipinski definition) is 5. The summed E-state index contributed by atoms with van der Waals surface area (Å²) in [6, 6.07) is 5.35. The number of halogens is 7. The van der Waals surface area contributed by atoms with Gasteiger partial charge in [0.25, 0.3) is 0 Å². The summed E-state index contributed by atoms with van der Waals surface area (Å²) in [5.74, 6) is -2.16. The molecule has 1 amide bonds. The van der Waals surface area contributed by atoms with Crippen LogP contribution in [0.5, 0.6) is 0 Å². The summed E-state index contributed by atoms with van der Waals surface area (Å²) in [6.07, 6.45) is -10.8. The van der Waals surface area contributed by atoms with Crippen molar-refractivity contribution in [3.63, 3.8) is 0 Å². The summed E-state index contributed by atoms with van der Waals surface area (Å²) in [6.45, 7) is 10.9. The van der Waals surface area contributed by atoms with Crippen molar-refractivity contribution in [2.24, 2.45) is 0 Å². The Morgan fingerprint density at radius 1 is 0.844 bits per heavy atom. The van der Waals surface area contributed by atoms with Gasteiger partial charge in [0.2, 0.25) is 0 Å². The van der Waals surface area contributed by atoms with Crippen LogP contribution in [0, 0.1) is 5.82 Å². The number of ether oxygens (including phenoxy) is 3. The van der Waals surface area contributed by atoms with Gasteiger partial charge < -0.3 is 14.2 Å². The molecule has 3 rings (SSSR count). The summed E-state index contributed by atoms with van der Waals surface area (Å²) in [4.78, 5) is 27.2. The average Bonchev–Trinajstić information content (AvgIpc) is 3.22. The zero-order valence-corrected chi connectivity index (χ0v) is 25.8. The molecule has 248 valence electrons. The molecule has 1 fully saturated rings. The van der Waals surface area contributed by atoms with E-state index in [2.05, 4.69) is 0 Å². The molecule has 6 nitrogen and oxygen atoms in total. The van der Waals surface area contributed by atoms with Crippen LogP contribution in [0.15, 0.2) is 54.6 Å². The lowest BCUT2D eigenvalue weighted by atomic mass is 9.89. The highest BCUT2D eigenvalue weighted by Gasteiger charge is 2.47. The Balaban J connectivity index is 2.10.